The Labute approximate surface area is 120 Å². The maximum atomic E-state index is 12.8. The van der Waals surface area contributed by atoms with Crippen LogP contribution in [-0.4, -0.2) is 18.0 Å². The van der Waals surface area contributed by atoms with E-state index in [9.17, 15) is 14.0 Å². The normalized spacial score (nSPS) is 10.2. The van der Waals surface area contributed by atoms with Crippen LogP contribution < -0.4 is 15.5 Å². The van der Waals surface area contributed by atoms with E-state index in [4.69, 9.17) is 4.74 Å². The number of aryl methyl sites for hydroxylation is 1. The quantitative estimate of drug-likeness (QED) is 0.901. The van der Waals surface area contributed by atoms with Gasteiger partial charge in [0.05, 0.1) is 12.8 Å². The number of amides is 1. The summed E-state index contributed by atoms with van der Waals surface area (Å²) in [6.45, 7) is 1.88. The molecule has 6 heteroatoms. The third-order valence-electron chi connectivity index (χ3n) is 3.04. The highest BCUT2D eigenvalue weighted by atomic mass is 19.1. The molecule has 0 aliphatic rings. The molecule has 5 nitrogen and oxygen atoms in total. The number of H-pyrrole nitrogens is 1. The fraction of sp³-hybridized carbons (Fsp3) is 0.200. The minimum absolute atomic E-state index is 0.0282. The second-order valence-corrected chi connectivity index (χ2v) is 4.50. The highest BCUT2D eigenvalue weighted by Crippen LogP contribution is 2.09. The molecule has 0 atom stereocenters. The van der Waals surface area contributed by atoms with Crippen LogP contribution in [0.5, 0.6) is 5.75 Å². The molecule has 0 unspecified atom stereocenters. The number of halogens is 1. The molecule has 2 N–H and O–H groups in total. The molecule has 0 aliphatic heterocycles. The number of hydrogen-bond donors (Lipinski definition) is 2. The number of benzene rings is 1. The second-order valence-electron chi connectivity index (χ2n) is 4.50. The molecule has 0 saturated carbocycles. The van der Waals surface area contributed by atoms with E-state index < -0.39 is 11.3 Å². The first-order chi connectivity index (χ1) is 10.0. The lowest BCUT2D eigenvalue weighted by molar-refractivity contribution is 0.0949. The summed E-state index contributed by atoms with van der Waals surface area (Å²) in [5.41, 5.74) is 0.794. The predicted octanol–water partition coefficient (Wildman–Crippen LogP) is 1.76. The average Bonchev–Trinajstić information content (AvgIpc) is 2.47. The summed E-state index contributed by atoms with van der Waals surface area (Å²) in [4.78, 5) is 26.9. The van der Waals surface area contributed by atoms with Crippen LogP contribution in [0.1, 0.15) is 21.6 Å². The Morgan fingerprint density at radius 3 is 2.62 bits per heavy atom. The molecule has 2 rings (SSSR count). The van der Waals surface area contributed by atoms with Crippen molar-refractivity contribution < 1.29 is 13.9 Å². The number of pyridine rings is 1. The van der Waals surface area contributed by atoms with Crippen LogP contribution in [0.25, 0.3) is 0 Å². The van der Waals surface area contributed by atoms with Crippen molar-refractivity contribution in [1.82, 2.24) is 10.3 Å². The van der Waals surface area contributed by atoms with Gasteiger partial charge in [0.25, 0.3) is 5.91 Å². The number of rotatable bonds is 4. The van der Waals surface area contributed by atoms with Crippen LogP contribution in [0.4, 0.5) is 4.39 Å². The number of ether oxygens (including phenoxy) is 1. The number of methoxy groups -OCH3 is 1. The largest absolute Gasteiger partial charge is 0.491 e. The van der Waals surface area contributed by atoms with Gasteiger partial charge in [-0.05, 0) is 24.6 Å². The van der Waals surface area contributed by atoms with Gasteiger partial charge in [-0.1, -0.05) is 12.1 Å². The first kappa shape index (κ1) is 14.8. The van der Waals surface area contributed by atoms with E-state index in [0.717, 1.165) is 5.56 Å². The Hall–Kier alpha value is -2.63. The van der Waals surface area contributed by atoms with Crippen LogP contribution in [-0.2, 0) is 6.54 Å². The van der Waals surface area contributed by atoms with Crippen molar-refractivity contribution in [2.45, 2.75) is 13.5 Å². The molecule has 1 amide bonds. The molecule has 0 spiro atoms. The Balaban J connectivity index is 2.14. The summed E-state index contributed by atoms with van der Waals surface area (Å²) in [6, 6.07) is 5.75. The van der Waals surface area contributed by atoms with Crippen molar-refractivity contribution in [2.24, 2.45) is 0 Å². The summed E-state index contributed by atoms with van der Waals surface area (Å²) in [6.07, 6.45) is 1.35. The smallest absolute Gasteiger partial charge is 0.257 e. The minimum atomic E-state index is -0.515. The topological polar surface area (TPSA) is 71.2 Å². The number of carbonyl (C=O) groups excluding carboxylic acids is 1. The first-order valence-electron chi connectivity index (χ1n) is 6.32. The fourth-order valence-corrected chi connectivity index (χ4v) is 1.90. The summed E-state index contributed by atoms with van der Waals surface area (Å²) < 4.78 is 17.8. The number of carbonyl (C=O) groups is 1. The second kappa shape index (κ2) is 6.21. The molecule has 1 heterocycles. The van der Waals surface area contributed by atoms with E-state index in [1.165, 1.54) is 25.4 Å². The van der Waals surface area contributed by atoms with Crippen molar-refractivity contribution in [3.63, 3.8) is 0 Å². The van der Waals surface area contributed by atoms with Crippen molar-refractivity contribution in [3.05, 3.63) is 63.3 Å². The van der Waals surface area contributed by atoms with Crippen LogP contribution in [0, 0.1) is 12.7 Å². The lowest BCUT2D eigenvalue weighted by atomic mass is 10.2. The summed E-state index contributed by atoms with van der Waals surface area (Å²) in [5, 5.41) is 2.61. The lowest BCUT2D eigenvalue weighted by Gasteiger charge is -2.08. The summed E-state index contributed by atoms with van der Waals surface area (Å²) in [7, 11) is 1.37. The maximum absolute atomic E-state index is 12.8. The zero-order valence-corrected chi connectivity index (χ0v) is 11.7. The van der Waals surface area contributed by atoms with Crippen molar-refractivity contribution in [1.29, 1.82) is 0 Å². The minimum Gasteiger partial charge on any atom is -0.491 e. The number of hydrogen-bond acceptors (Lipinski definition) is 3. The van der Waals surface area contributed by atoms with Gasteiger partial charge in [0.1, 0.15) is 11.4 Å². The van der Waals surface area contributed by atoms with Crippen LogP contribution in [0.2, 0.25) is 0 Å². The average molecular weight is 290 g/mol. The van der Waals surface area contributed by atoms with Crippen molar-refractivity contribution >= 4 is 5.91 Å². The monoisotopic (exact) mass is 290 g/mol. The van der Waals surface area contributed by atoms with Gasteiger partial charge in [0.15, 0.2) is 5.75 Å². The zero-order chi connectivity index (χ0) is 15.4. The number of aromatic nitrogens is 1. The van der Waals surface area contributed by atoms with Crippen LogP contribution >= 0.6 is 0 Å². The fourth-order valence-electron chi connectivity index (χ4n) is 1.90. The number of aromatic amines is 1. The third-order valence-corrected chi connectivity index (χ3v) is 3.04. The molecule has 0 aliphatic carbocycles. The molecule has 1 aromatic carbocycles. The van der Waals surface area contributed by atoms with Gasteiger partial charge in [-0.15, -0.1) is 0 Å². The molecular weight excluding hydrogens is 275 g/mol. The lowest BCUT2D eigenvalue weighted by Crippen LogP contribution is -2.29. The van der Waals surface area contributed by atoms with E-state index in [0.29, 0.717) is 5.69 Å². The van der Waals surface area contributed by atoms with E-state index in [2.05, 4.69) is 10.3 Å². The summed E-state index contributed by atoms with van der Waals surface area (Å²) >= 11 is 0. The molecule has 0 radical (unpaired) electrons. The van der Waals surface area contributed by atoms with Gasteiger partial charge in [0.2, 0.25) is 5.43 Å². The Bertz CT molecular complexity index is 708. The maximum Gasteiger partial charge on any atom is 0.257 e. The van der Waals surface area contributed by atoms with Gasteiger partial charge in [-0.25, -0.2) is 4.39 Å². The first-order valence-corrected chi connectivity index (χ1v) is 6.32. The Kier molecular flexibility index (Phi) is 4.37. The van der Waals surface area contributed by atoms with Crippen LogP contribution in [0.3, 0.4) is 0 Å². The van der Waals surface area contributed by atoms with Gasteiger partial charge in [0, 0.05) is 12.7 Å². The molecule has 0 bridgehead atoms. The van der Waals surface area contributed by atoms with Crippen LogP contribution in [0.15, 0.2) is 35.3 Å². The van der Waals surface area contributed by atoms with E-state index in [1.807, 2.05) is 0 Å². The Morgan fingerprint density at radius 2 is 2.00 bits per heavy atom. The molecule has 110 valence electrons. The van der Waals surface area contributed by atoms with Gasteiger partial charge >= 0.3 is 0 Å². The molecular formula is C15H15FN2O3. The number of nitrogens with one attached hydrogen (secondary N) is 2. The Morgan fingerprint density at radius 1 is 1.33 bits per heavy atom. The molecule has 2 aromatic rings. The van der Waals surface area contributed by atoms with Crippen molar-refractivity contribution in [3.8, 4) is 5.75 Å². The van der Waals surface area contributed by atoms with Gasteiger partial charge < -0.3 is 15.0 Å². The predicted molar refractivity (Wildman–Crippen MR) is 75.9 cm³/mol. The molecule has 0 fully saturated rings. The SMILES string of the molecule is COc1c(C)[nH]cc(C(=O)NCc2ccc(F)cc2)c1=O. The highest BCUT2D eigenvalue weighted by molar-refractivity contribution is 5.94. The van der Waals surface area contributed by atoms with Gasteiger partial charge in [-0.2, -0.15) is 0 Å². The molecule has 1 aromatic heterocycles. The van der Waals surface area contributed by atoms with E-state index in [-0.39, 0.29) is 23.7 Å². The van der Waals surface area contributed by atoms with Crippen molar-refractivity contribution in [2.75, 3.05) is 7.11 Å². The zero-order valence-electron chi connectivity index (χ0n) is 11.7. The molecule has 21 heavy (non-hydrogen) atoms. The standard InChI is InChI=1S/C15H15FN2O3/c1-9-14(21-2)13(19)12(8-17-9)15(20)18-7-10-3-5-11(16)6-4-10/h3-6,8H,7H2,1-2H3,(H,17,19)(H,18,20). The third kappa shape index (κ3) is 3.28. The van der Waals surface area contributed by atoms with E-state index >= 15 is 0 Å². The van der Waals surface area contributed by atoms with Gasteiger partial charge in [-0.3, -0.25) is 9.59 Å². The van der Waals surface area contributed by atoms with E-state index in [1.54, 1.807) is 19.1 Å². The highest BCUT2D eigenvalue weighted by Gasteiger charge is 2.15. The summed E-state index contributed by atoms with van der Waals surface area (Å²) in [5.74, 6) is -0.743. The molecule has 0 saturated heterocycles.